The number of hydrogen-bond acceptors (Lipinski definition) is 4. The van der Waals surface area contributed by atoms with Gasteiger partial charge in [0.25, 0.3) is 0 Å². The Morgan fingerprint density at radius 3 is 2.70 bits per heavy atom. The topological polar surface area (TPSA) is 24.9 Å². The number of nitrogens with zero attached hydrogens (tertiary/aromatic N) is 1. The summed E-state index contributed by atoms with van der Waals surface area (Å²) in [5.41, 5.74) is 3.51. The summed E-state index contributed by atoms with van der Waals surface area (Å²) in [6.07, 6.45) is 2.60. The fraction of sp³-hybridized carbons (Fsp3) is 0.438. The Labute approximate surface area is 129 Å². The van der Waals surface area contributed by atoms with E-state index in [0.29, 0.717) is 11.3 Å². The number of nitrogens with one attached hydrogen (secondary N) is 1. The first-order chi connectivity index (χ1) is 9.72. The zero-order valence-electron chi connectivity index (χ0n) is 11.9. The van der Waals surface area contributed by atoms with Crippen molar-refractivity contribution in [1.82, 2.24) is 4.98 Å². The van der Waals surface area contributed by atoms with Crippen LogP contribution < -0.4 is 5.32 Å². The molecule has 2 heterocycles. The highest BCUT2D eigenvalue weighted by molar-refractivity contribution is 8.00. The molecule has 0 spiro atoms. The van der Waals surface area contributed by atoms with Crippen molar-refractivity contribution in [1.29, 1.82) is 0 Å². The Morgan fingerprint density at radius 2 is 2.05 bits per heavy atom. The van der Waals surface area contributed by atoms with Gasteiger partial charge in [0.15, 0.2) is 0 Å². The minimum absolute atomic E-state index is 0.598. The summed E-state index contributed by atoms with van der Waals surface area (Å²) >= 11 is 3.78. The van der Waals surface area contributed by atoms with Crippen molar-refractivity contribution in [3.05, 3.63) is 34.7 Å². The Balaban J connectivity index is 1.69. The second kappa shape index (κ2) is 6.19. The molecule has 0 aliphatic carbocycles. The van der Waals surface area contributed by atoms with Crippen LogP contribution in [0.1, 0.15) is 24.8 Å². The van der Waals surface area contributed by atoms with Crippen molar-refractivity contribution < 1.29 is 0 Å². The monoisotopic (exact) mass is 304 g/mol. The molecule has 4 heteroatoms. The summed E-state index contributed by atoms with van der Waals surface area (Å²) in [4.78, 5) is 4.53. The second-order valence-electron chi connectivity index (χ2n) is 5.30. The zero-order chi connectivity index (χ0) is 13.9. The molecule has 1 fully saturated rings. The molecule has 106 valence electrons. The van der Waals surface area contributed by atoms with Gasteiger partial charge >= 0.3 is 0 Å². The standard InChI is InChI=1S/C16H20N2S2/c1-11-15(4-3-9-19-11)18-14-7-5-13(6-8-14)16-10-20-12(2)17-16/h5-8,10-11,15,18H,3-4,9H2,1-2H3. The lowest BCUT2D eigenvalue weighted by atomic mass is 10.1. The van der Waals surface area contributed by atoms with E-state index in [1.165, 1.54) is 29.8 Å². The molecule has 0 saturated carbocycles. The van der Waals surface area contributed by atoms with Crippen LogP contribution in [-0.2, 0) is 0 Å². The van der Waals surface area contributed by atoms with Crippen molar-refractivity contribution in [3.8, 4) is 11.3 Å². The average molecular weight is 304 g/mol. The van der Waals surface area contributed by atoms with Gasteiger partial charge in [0, 0.05) is 27.9 Å². The first-order valence-corrected chi connectivity index (χ1v) is 9.06. The van der Waals surface area contributed by atoms with Crippen molar-refractivity contribution in [3.63, 3.8) is 0 Å². The number of anilines is 1. The number of hydrogen-bond donors (Lipinski definition) is 1. The third-order valence-electron chi connectivity index (χ3n) is 3.76. The minimum Gasteiger partial charge on any atom is -0.381 e. The summed E-state index contributed by atoms with van der Waals surface area (Å²) in [6.45, 7) is 4.38. The van der Waals surface area contributed by atoms with Crippen LogP contribution in [0.5, 0.6) is 0 Å². The van der Waals surface area contributed by atoms with Crippen molar-refractivity contribution >= 4 is 28.8 Å². The van der Waals surface area contributed by atoms with Gasteiger partial charge in [-0.15, -0.1) is 11.3 Å². The van der Waals surface area contributed by atoms with E-state index in [1.807, 2.05) is 6.92 Å². The molecule has 0 bridgehead atoms. The maximum absolute atomic E-state index is 4.53. The van der Waals surface area contributed by atoms with Gasteiger partial charge in [0.2, 0.25) is 0 Å². The predicted molar refractivity (Wildman–Crippen MR) is 90.9 cm³/mol. The lowest BCUT2D eigenvalue weighted by molar-refractivity contribution is 0.617. The number of aryl methyl sites for hydroxylation is 1. The lowest BCUT2D eigenvalue weighted by Crippen LogP contribution is -2.32. The van der Waals surface area contributed by atoms with Gasteiger partial charge in [-0.25, -0.2) is 4.98 Å². The maximum atomic E-state index is 4.53. The van der Waals surface area contributed by atoms with Crippen LogP contribution in [0.3, 0.4) is 0 Å². The number of thioether (sulfide) groups is 1. The van der Waals surface area contributed by atoms with Gasteiger partial charge in [-0.05, 0) is 37.7 Å². The third-order valence-corrected chi connectivity index (χ3v) is 5.91. The molecule has 1 saturated heterocycles. The lowest BCUT2D eigenvalue weighted by Gasteiger charge is -2.30. The highest BCUT2D eigenvalue weighted by atomic mass is 32.2. The van der Waals surface area contributed by atoms with Gasteiger partial charge in [-0.1, -0.05) is 19.1 Å². The fourth-order valence-electron chi connectivity index (χ4n) is 2.56. The van der Waals surface area contributed by atoms with Crippen molar-refractivity contribution in [2.75, 3.05) is 11.1 Å². The second-order valence-corrected chi connectivity index (χ2v) is 7.85. The number of benzene rings is 1. The number of thiazole rings is 1. The van der Waals surface area contributed by atoms with Crippen LogP contribution in [0.2, 0.25) is 0 Å². The quantitative estimate of drug-likeness (QED) is 0.880. The molecule has 1 aromatic carbocycles. The molecule has 0 amide bonds. The fourth-order valence-corrected chi connectivity index (χ4v) is 4.32. The van der Waals surface area contributed by atoms with Crippen LogP contribution in [0.4, 0.5) is 5.69 Å². The van der Waals surface area contributed by atoms with E-state index in [9.17, 15) is 0 Å². The molecular weight excluding hydrogens is 284 g/mol. The third kappa shape index (κ3) is 3.18. The highest BCUT2D eigenvalue weighted by Gasteiger charge is 2.21. The first-order valence-electron chi connectivity index (χ1n) is 7.13. The Hall–Kier alpha value is -1.00. The average Bonchev–Trinajstić information content (AvgIpc) is 2.89. The minimum atomic E-state index is 0.598. The molecule has 1 aliphatic heterocycles. The Morgan fingerprint density at radius 1 is 1.25 bits per heavy atom. The maximum Gasteiger partial charge on any atom is 0.0901 e. The summed E-state index contributed by atoms with van der Waals surface area (Å²) in [6, 6.07) is 9.28. The van der Waals surface area contributed by atoms with E-state index in [4.69, 9.17) is 0 Å². The van der Waals surface area contributed by atoms with Crippen LogP contribution in [0, 0.1) is 6.92 Å². The Bertz CT molecular complexity index is 562. The summed E-state index contributed by atoms with van der Waals surface area (Å²) in [7, 11) is 0. The van der Waals surface area contributed by atoms with E-state index in [2.05, 4.69) is 58.6 Å². The van der Waals surface area contributed by atoms with Crippen molar-refractivity contribution in [2.24, 2.45) is 0 Å². The van der Waals surface area contributed by atoms with Crippen LogP contribution in [0.15, 0.2) is 29.6 Å². The highest BCUT2D eigenvalue weighted by Crippen LogP contribution is 2.29. The van der Waals surface area contributed by atoms with E-state index in [0.717, 1.165) is 10.7 Å². The van der Waals surface area contributed by atoms with Gasteiger partial charge in [-0.3, -0.25) is 0 Å². The predicted octanol–water partition coefficient (Wildman–Crippen LogP) is 4.81. The van der Waals surface area contributed by atoms with Crippen LogP contribution in [-0.4, -0.2) is 22.0 Å². The molecule has 0 radical (unpaired) electrons. The molecule has 1 aliphatic rings. The first kappa shape index (κ1) is 14.0. The summed E-state index contributed by atoms with van der Waals surface area (Å²) < 4.78 is 0. The van der Waals surface area contributed by atoms with E-state index >= 15 is 0 Å². The largest absolute Gasteiger partial charge is 0.381 e. The van der Waals surface area contributed by atoms with Crippen LogP contribution >= 0.6 is 23.1 Å². The van der Waals surface area contributed by atoms with E-state index in [-0.39, 0.29) is 0 Å². The van der Waals surface area contributed by atoms with Crippen molar-refractivity contribution in [2.45, 2.75) is 38.0 Å². The number of rotatable bonds is 3. The molecule has 2 aromatic rings. The zero-order valence-corrected chi connectivity index (χ0v) is 13.6. The normalized spacial score (nSPS) is 22.7. The van der Waals surface area contributed by atoms with E-state index in [1.54, 1.807) is 11.3 Å². The molecule has 2 unspecified atom stereocenters. The molecule has 2 nitrogen and oxygen atoms in total. The molecule has 3 rings (SSSR count). The summed E-state index contributed by atoms with van der Waals surface area (Å²) in [5.74, 6) is 1.31. The summed E-state index contributed by atoms with van der Waals surface area (Å²) in [5, 5.41) is 7.62. The van der Waals surface area contributed by atoms with Gasteiger partial charge in [0.1, 0.15) is 0 Å². The smallest absolute Gasteiger partial charge is 0.0901 e. The van der Waals surface area contributed by atoms with E-state index < -0.39 is 0 Å². The molecule has 20 heavy (non-hydrogen) atoms. The molecule has 2 atom stereocenters. The Kier molecular flexibility index (Phi) is 4.32. The molecular formula is C16H20N2S2. The van der Waals surface area contributed by atoms with Crippen LogP contribution in [0.25, 0.3) is 11.3 Å². The van der Waals surface area contributed by atoms with Gasteiger partial charge in [-0.2, -0.15) is 11.8 Å². The SMILES string of the molecule is Cc1nc(-c2ccc(NC3CCCSC3C)cc2)cs1. The van der Waals surface area contributed by atoms with Gasteiger partial charge in [0.05, 0.1) is 10.7 Å². The van der Waals surface area contributed by atoms with Gasteiger partial charge < -0.3 is 5.32 Å². The molecule has 1 N–H and O–H groups in total. The number of aromatic nitrogens is 1. The molecule has 1 aromatic heterocycles.